The number of aryl methyl sites for hydroxylation is 2. The van der Waals surface area contributed by atoms with Gasteiger partial charge in [-0.1, -0.05) is 60.1 Å². The third kappa shape index (κ3) is 17.3. The molecule has 2 unspecified atom stereocenters. The number of aliphatic imine (C=N–C) groups is 1. The first-order valence-electron chi connectivity index (χ1n) is 18.9. The molecule has 12 N–H and O–H groups in total. The number of guanidine groups is 1. The number of carbonyl (C=O) groups excluding carboxylic acids is 2. The van der Waals surface area contributed by atoms with Gasteiger partial charge in [-0.25, -0.2) is 9.97 Å². The van der Waals surface area contributed by atoms with Crippen LogP contribution >= 0.6 is 11.6 Å². The van der Waals surface area contributed by atoms with Crippen LogP contribution in [0.25, 0.3) is 11.1 Å². The van der Waals surface area contributed by atoms with Gasteiger partial charge in [0.2, 0.25) is 5.91 Å². The van der Waals surface area contributed by atoms with Crippen LogP contribution in [0.2, 0.25) is 5.15 Å². The Hall–Kier alpha value is -4.38. The molecule has 0 radical (unpaired) electrons. The number of aliphatic hydroxyl groups is 4. The van der Waals surface area contributed by atoms with E-state index in [1.165, 1.54) is 5.56 Å². The molecule has 0 fully saturated rings. The van der Waals surface area contributed by atoms with Crippen molar-refractivity contribution in [3.05, 3.63) is 70.5 Å². The average Bonchev–Trinajstić information content (AvgIpc) is 3.16. The lowest BCUT2D eigenvalue weighted by Crippen LogP contribution is -2.38. The average molecular weight is 784 g/mol. The fourth-order valence-electron chi connectivity index (χ4n) is 5.87. The molecule has 0 aliphatic heterocycles. The molecule has 0 spiro atoms. The van der Waals surface area contributed by atoms with Gasteiger partial charge in [-0.2, -0.15) is 0 Å². The molecule has 3 rings (SSSR count). The van der Waals surface area contributed by atoms with Crippen LogP contribution in [0.5, 0.6) is 0 Å². The van der Waals surface area contributed by atoms with E-state index in [0.29, 0.717) is 77.7 Å². The number of benzene rings is 2. The molecule has 0 aliphatic rings. The first kappa shape index (κ1) is 45.0. The second-order valence-corrected chi connectivity index (χ2v) is 13.9. The van der Waals surface area contributed by atoms with E-state index in [1.807, 2.05) is 12.1 Å². The first-order chi connectivity index (χ1) is 26.5. The molecule has 0 aliphatic carbocycles. The highest BCUT2D eigenvalue weighted by molar-refractivity contribution is 6.31. The smallest absolute Gasteiger partial charge is 0.280 e. The van der Waals surface area contributed by atoms with Crippen LogP contribution < -0.4 is 27.8 Å². The van der Waals surface area contributed by atoms with E-state index in [0.717, 1.165) is 42.4 Å². The maximum Gasteiger partial charge on any atom is 0.280 e. The largest absolute Gasteiger partial charge is 0.396 e. The summed E-state index contributed by atoms with van der Waals surface area (Å²) in [6.07, 6.45) is 5.84. The number of anilines is 2. The fraction of sp³-hybridized carbons (Fsp3) is 0.513. The summed E-state index contributed by atoms with van der Waals surface area (Å²) in [5, 5.41) is 43.5. The summed E-state index contributed by atoms with van der Waals surface area (Å²) in [5.74, 6) is -0.991. The standard InChI is InChI=1S/C39H58ClN9O6/c40-35-37(42)47-36(41)34(46-35)38(55)48-39(43)45-20-2-1-5-27-8-13-29(14-9-27)30-15-10-28(11-16-30)12-17-33(54)44-21-24-49(22-3-6-32(53)19-26-51)23-18-31(52)7-4-25-50/h8-11,13-16,31-32,50-53H,1-7,12,17-26H2,(H,44,54)(H4,41,42,47)(H3,43,45,48,55). The fourth-order valence-corrected chi connectivity index (χ4v) is 6.00. The summed E-state index contributed by atoms with van der Waals surface area (Å²) in [4.78, 5) is 39.0. The number of carbonyl (C=O) groups is 2. The van der Waals surface area contributed by atoms with Gasteiger partial charge in [-0.15, -0.1) is 0 Å². The molecule has 16 heteroatoms. The van der Waals surface area contributed by atoms with Crippen molar-refractivity contribution >= 4 is 41.0 Å². The van der Waals surface area contributed by atoms with Gasteiger partial charge in [0.05, 0.1) is 12.2 Å². The Labute approximate surface area is 328 Å². The Balaban J connectivity index is 1.36. The molecule has 0 bridgehead atoms. The van der Waals surface area contributed by atoms with Crippen LogP contribution in [0.1, 0.15) is 79.4 Å². The Bertz CT molecular complexity index is 1630. The van der Waals surface area contributed by atoms with Crippen molar-refractivity contribution in [1.82, 2.24) is 25.5 Å². The highest BCUT2D eigenvalue weighted by Crippen LogP contribution is 2.22. The third-order valence-corrected chi connectivity index (χ3v) is 9.38. The zero-order chi connectivity index (χ0) is 40.0. The van der Waals surface area contributed by atoms with Gasteiger partial charge >= 0.3 is 0 Å². The summed E-state index contributed by atoms with van der Waals surface area (Å²) in [5.41, 5.74) is 21.4. The number of nitrogens with one attached hydrogen (secondary N) is 2. The third-order valence-electron chi connectivity index (χ3n) is 9.10. The predicted molar refractivity (Wildman–Crippen MR) is 216 cm³/mol. The van der Waals surface area contributed by atoms with E-state index >= 15 is 0 Å². The minimum absolute atomic E-state index is 0.0240. The maximum absolute atomic E-state index is 12.6. The number of hydrogen-bond donors (Lipinski definition) is 9. The van der Waals surface area contributed by atoms with Crippen LogP contribution in [-0.2, 0) is 17.6 Å². The number of aromatic nitrogens is 2. The van der Waals surface area contributed by atoms with Crippen LogP contribution in [0.15, 0.2) is 53.5 Å². The quantitative estimate of drug-likeness (QED) is 0.0341. The molecule has 2 amide bonds. The zero-order valence-electron chi connectivity index (χ0n) is 31.5. The second-order valence-electron chi connectivity index (χ2n) is 13.5. The monoisotopic (exact) mass is 783 g/mol. The van der Waals surface area contributed by atoms with E-state index in [4.69, 9.17) is 39.0 Å². The van der Waals surface area contributed by atoms with E-state index in [2.05, 4.69) is 66.9 Å². The van der Waals surface area contributed by atoms with Gasteiger partial charge in [0.1, 0.15) is 0 Å². The molecular formula is C39H58ClN9O6. The summed E-state index contributed by atoms with van der Waals surface area (Å²) < 4.78 is 0. The number of rotatable bonds is 25. The van der Waals surface area contributed by atoms with Gasteiger partial charge in [0.25, 0.3) is 5.91 Å². The minimum Gasteiger partial charge on any atom is -0.396 e. The lowest BCUT2D eigenvalue weighted by atomic mass is 9.99. The van der Waals surface area contributed by atoms with Crippen LogP contribution in [0.3, 0.4) is 0 Å². The zero-order valence-corrected chi connectivity index (χ0v) is 32.3. The van der Waals surface area contributed by atoms with Gasteiger partial charge in [-0.3, -0.25) is 19.9 Å². The minimum atomic E-state index is -0.677. The van der Waals surface area contributed by atoms with Gasteiger partial charge in [0, 0.05) is 45.8 Å². The first-order valence-corrected chi connectivity index (χ1v) is 19.3. The maximum atomic E-state index is 12.6. The van der Waals surface area contributed by atoms with Crippen molar-refractivity contribution in [2.45, 2.75) is 82.8 Å². The molecule has 55 heavy (non-hydrogen) atoms. The molecular weight excluding hydrogens is 726 g/mol. The summed E-state index contributed by atoms with van der Waals surface area (Å²) in [6.45, 7) is 2.92. The summed E-state index contributed by atoms with van der Waals surface area (Å²) in [6, 6.07) is 16.6. The molecule has 0 saturated carbocycles. The lowest BCUT2D eigenvalue weighted by Gasteiger charge is -2.24. The molecule has 1 heterocycles. The van der Waals surface area contributed by atoms with Crippen molar-refractivity contribution < 1.29 is 30.0 Å². The summed E-state index contributed by atoms with van der Waals surface area (Å²) in [7, 11) is 0. The Morgan fingerprint density at radius 1 is 0.764 bits per heavy atom. The Kier molecular flexibility index (Phi) is 20.4. The van der Waals surface area contributed by atoms with Crippen LogP contribution in [-0.4, -0.2) is 111 Å². The highest BCUT2D eigenvalue weighted by Gasteiger charge is 2.17. The van der Waals surface area contributed by atoms with E-state index in [9.17, 15) is 19.8 Å². The Morgan fingerprint density at radius 2 is 1.40 bits per heavy atom. The van der Waals surface area contributed by atoms with Gasteiger partial charge < -0.3 is 47.8 Å². The topological polar surface area (TPSA) is 259 Å². The van der Waals surface area contributed by atoms with E-state index in [1.54, 1.807) is 0 Å². The van der Waals surface area contributed by atoms with E-state index in [-0.39, 0.29) is 47.6 Å². The van der Waals surface area contributed by atoms with Gasteiger partial charge in [0.15, 0.2) is 28.4 Å². The summed E-state index contributed by atoms with van der Waals surface area (Å²) >= 11 is 5.83. The number of unbranched alkanes of at least 4 members (excludes halogenated alkanes) is 1. The number of nitrogen functional groups attached to an aromatic ring is 2. The number of amides is 2. The highest BCUT2D eigenvalue weighted by atomic mass is 35.5. The number of nitrogens with two attached hydrogens (primary N) is 3. The van der Waals surface area contributed by atoms with Crippen molar-refractivity contribution in [3.8, 4) is 11.1 Å². The normalized spacial score (nSPS) is 12.8. The van der Waals surface area contributed by atoms with Crippen molar-refractivity contribution in [2.24, 2.45) is 10.7 Å². The molecule has 3 aromatic rings. The lowest BCUT2D eigenvalue weighted by molar-refractivity contribution is -0.121. The SMILES string of the molecule is NC(=NCCCCc1ccc(-c2ccc(CCC(=O)NCCN(CCCC(O)CCO)CCC(O)CCCO)cc2)cc1)NC(=O)c1nc(Cl)c(N)nc1N. The van der Waals surface area contributed by atoms with Gasteiger partial charge in [-0.05, 0) is 93.0 Å². The number of nitrogens with zero attached hydrogens (tertiary/aromatic N) is 4. The number of halogens is 1. The predicted octanol–water partition coefficient (Wildman–Crippen LogP) is 2.43. The molecule has 2 atom stereocenters. The second kappa shape index (κ2) is 24.9. The van der Waals surface area contributed by atoms with Crippen LogP contribution in [0, 0.1) is 0 Å². The van der Waals surface area contributed by atoms with Crippen molar-refractivity contribution in [1.29, 1.82) is 0 Å². The molecule has 2 aromatic carbocycles. The molecule has 15 nitrogen and oxygen atoms in total. The molecule has 0 saturated heterocycles. The van der Waals surface area contributed by atoms with Crippen LogP contribution in [0.4, 0.5) is 11.6 Å². The Morgan fingerprint density at radius 3 is 2.05 bits per heavy atom. The van der Waals surface area contributed by atoms with E-state index < -0.39 is 18.1 Å². The van der Waals surface area contributed by atoms with Crippen molar-refractivity contribution in [3.63, 3.8) is 0 Å². The number of hydrogen-bond acceptors (Lipinski definition) is 12. The molecule has 302 valence electrons. The number of aliphatic hydroxyl groups excluding tert-OH is 4. The molecule has 1 aromatic heterocycles. The van der Waals surface area contributed by atoms with Crippen molar-refractivity contribution in [2.75, 3.05) is 57.4 Å².